The van der Waals surface area contributed by atoms with Crippen LogP contribution < -0.4 is 0 Å². The second kappa shape index (κ2) is 8.86. The van der Waals surface area contributed by atoms with Crippen LogP contribution in [0.25, 0.3) is 10.9 Å². The van der Waals surface area contributed by atoms with Crippen LogP contribution in [-0.4, -0.2) is 61.0 Å². The summed E-state index contributed by atoms with van der Waals surface area (Å²) in [6.07, 6.45) is 4.09. The van der Waals surface area contributed by atoms with Gasteiger partial charge in [-0.2, -0.15) is 5.10 Å². The molecule has 2 amide bonds. The predicted octanol–water partition coefficient (Wildman–Crippen LogP) is 4.04. The van der Waals surface area contributed by atoms with E-state index in [9.17, 15) is 19.5 Å². The Bertz CT molecular complexity index is 1580. The van der Waals surface area contributed by atoms with Gasteiger partial charge in [0, 0.05) is 24.5 Å². The molecule has 9 nitrogen and oxygen atoms in total. The number of nitrogens with one attached hydrogen (secondary N) is 1. The van der Waals surface area contributed by atoms with Crippen LogP contribution in [-0.2, 0) is 25.0 Å². The molecule has 38 heavy (non-hydrogen) atoms. The van der Waals surface area contributed by atoms with Gasteiger partial charge in [0.25, 0.3) is 11.8 Å². The first-order valence-electron chi connectivity index (χ1n) is 12.9. The summed E-state index contributed by atoms with van der Waals surface area (Å²) < 4.78 is 1.81. The Morgan fingerprint density at radius 3 is 2.55 bits per heavy atom. The van der Waals surface area contributed by atoms with E-state index in [1.165, 1.54) is 5.56 Å². The summed E-state index contributed by atoms with van der Waals surface area (Å²) in [6, 6.07) is 14.7. The van der Waals surface area contributed by atoms with Crippen molar-refractivity contribution in [3.63, 3.8) is 0 Å². The first-order chi connectivity index (χ1) is 18.3. The fourth-order valence-electron chi connectivity index (χ4n) is 5.64. The Morgan fingerprint density at radius 2 is 1.87 bits per heavy atom. The van der Waals surface area contributed by atoms with Crippen LogP contribution in [0.15, 0.2) is 54.7 Å². The Kier molecular flexibility index (Phi) is 5.59. The van der Waals surface area contributed by atoms with Gasteiger partial charge in [-0.15, -0.1) is 0 Å². The molecule has 1 saturated carbocycles. The number of aromatic carboxylic acids is 1. The highest BCUT2D eigenvalue weighted by Gasteiger charge is 2.50. The van der Waals surface area contributed by atoms with E-state index in [1.54, 1.807) is 47.3 Å². The van der Waals surface area contributed by atoms with Gasteiger partial charge < -0.3 is 19.9 Å². The molecule has 3 heterocycles. The van der Waals surface area contributed by atoms with Gasteiger partial charge in [0.2, 0.25) is 0 Å². The summed E-state index contributed by atoms with van der Waals surface area (Å²) in [5, 5.41) is 14.7. The van der Waals surface area contributed by atoms with Gasteiger partial charge in [-0.05, 0) is 54.7 Å². The lowest BCUT2D eigenvalue weighted by Crippen LogP contribution is -2.41. The van der Waals surface area contributed by atoms with Crippen LogP contribution in [0.3, 0.4) is 0 Å². The fourth-order valence-corrected chi connectivity index (χ4v) is 5.64. The van der Waals surface area contributed by atoms with Gasteiger partial charge in [0.15, 0.2) is 0 Å². The van der Waals surface area contributed by atoms with E-state index < -0.39 is 11.5 Å². The van der Waals surface area contributed by atoms with E-state index in [0.717, 1.165) is 41.4 Å². The number of carbonyl (C=O) groups is 3. The van der Waals surface area contributed by atoms with Crippen molar-refractivity contribution >= 4 is 28.7 Å². The largest absolute Gasteiger partial charge is 0.478 e. The zero-order valence-electron chi connectivity index (χ0n) is 21.4. The van der Waals surface area contributed by atoms with Crippen molar-refractivity contribution in [2.75, 3.05) is 13.6 Å². The number of amides is 2. The molecular weight excluding hydrogens is 482 g/mol. The van der Waals surface area contributed by atoms with Crippen molar-refractivity contribution in [1.82, 2.24) is 24.6 Å². The second-order valence-electron chi connectivity index (χ2n) is 10.1. The van der Waals surface area contributed by atoms with Gasteiger partial charge in [-0.25, -0.2) is 4.79 Å². The molecule has 0 unspecified atom stereocenters. The van der Waals surface area contributed by atoms with Crippen LogP contribution in [0, 0.1) is 0 Å². The number of H-pyrrole nitrogens is 1. The molecule has 2 aromatic heterocycles. The van der Waals surface area contributed by atoms with Crippen molar-refractivity contribution in [3.8, 4) is 0 Å². The summed E-state index contributed by atoms with van der Waals surface area (Å²) in [5.41, 5.74) is 4.56. The average Bonchev–Trinajstić information content (AvgIpc) is 3.45. The van der Waals surface area contributed by atoms with Gasteiger partial charge in [0.1, 0.15) is 5.69 Å². The van der Waals surface area contributed by atoms with Gasteiger partial charge in [-0.1, -0.05) is 31.2 Å². The number of hydrogen-bond acceptors (Lipinski definition) is 4. The molecule has 194 valence electrons. The highest BCUT2D eigenvalue weighted by Crippen LogP contribution is 2.51. The number of hydrogen-bond donors (Lipinski definition) is 2. The summed E-state index contributed by atoms with van der Waals surface area (Å²) >= 11 is 0. The molecule has 6 rings (SSSR count). The number of aryl methyl sites for hydroxylation is 1. The second-order valence-corrected chi connectivity index (χ2v) is 10.1. The molecule has 2 aromatic carbocycles. The number of aromatic amines is 1. The molecule has 0 saturated heterocycles. The molecule has 1 aliphatic carbocycles. The van der Waals surface area contributed by atoms with Gasteiger partial charge >= 0.3 is 5.97 Å². The van der Waals surface area contributed by atoms with Gasteiger partial charge in [0.05, 0.1) is 41.6 Å². The average molecular weight is 512 g/mol. The number of carboxylic acids is 1. The number of benzene rings is 2. The standard InChI is InChI=1S/C29H29N5O4/c1-3-18-5-4-6-23-21(18)15-24(31-23)27(36)33-13-14-34-25(17-33)22(16-30-34)26(35)32(2)29(11-12-29)20-9-7-19(8-10-20)28(37)38/h4-10,15-16,31H,3,11-14,17H2,1-2H3,(H,37,38). The molecular formula is C29H29N5O4. The highest BCUT2D eigenvalue weighted by molar-refractivity contribution is 5.99. The highest BCUT2D eigenvalue weighted by atomic mass is 16.4. The zero-order chi connectivity index (χ0) is 26.6. The first kappa shape index (κ1) is 24.0. The minimum Gasteiger partial charge on any atom is -0.478 e. The van der Waals surface area contributed by atoms with Crippen molar-refractivity contribution in [3.05, 3.63) is 88.4 Å². The molecule has 9 heteroatoms. The Labute approximate surface area is 219 Å². The monoisotopic (exact) mass is 511 g/mol. The third-order valence-corrected chi connectivity index (χ3v) is 8.09. The quantitative estimate of drug-likeness (QED) is 0.406. The Balaban J connectivity index is 1.24. The van der Waals surface area contributed by atoms with Crippen molar-refractivity contribution in [2.45, 2.75) is 44.8 Å². The fraction of sp³-hybridized carbons (Fsp3) is 0.310. The summed E-state index contributed by atoms with van der Waals surface area (Å²) in [7, 11) is 1.78. The lowest BCUT2D eigenvalue weighted by atomic mass is 10.0. The van der Waals surface area contributed by atoms with Crippen LogP contribution in [0.4, 0.5) is 0 Å². The molecule has 4 aromatic rings. The first-order valence-corrected chi connectivity index (χ1v) is 12.9. The molecule has 0 atom stereocenters. The normalized spacial score (nSPS) is 15.8. The van der Waals surface area contributed by atoms with Crippen LogP contribution >= 0.6 is 0 Å². The third-order valence-electron chi connectivity index (χ3n) is 8.09. The van der Waals surface area contributed by atoms with E-state index in [1.807, 2.05) is 22.9 Å². The van der Waals surface area contributed by atoms with Crippen molar-refractivity contribution < 1.29 is 19.5 Å². The number of carboxylic acid groups (broad SMARTS) is 1. The van der Waals surface area contributed by atoms with Crippen LogP contribution in [0.2, 0.25) is 0 Å². The Morgan fingerprint density at radius 1 is 1.11 bits per heavy atom. The maximum Gasteiger partial charge on any atom is 0.335 e. The van der Waals surface area contributed by atoms with E-state index in [4.69, 9.17) is 0 Å². The number of aromatic nitrogens is 3. The number of nitrogens with zero attached hydrogens (tertiary/aromatic N) is 4. The molecule has 0 bridgehead atoms. The molecule has 0 spiro atoms. The minimum atomic E-state index is -0.977. The van der Waals surface area contributed by atoms with Crippen LogP contribution in [0.1, 0.15) is 67.8 Å². The minimum absolute atomic E-state index is 0.0976. The van der Waals surface area contributed by atoms with E-state index >= 15 is 0 Å². The smallest absolute Gasteiger partial charge is 0.335 e. The molecule has 1 aliphatic heterocycles. The molecule has 0 radical (unpaired) electrons. The van der Waals surface area contributed by atoms with E-state index in [-0.39, 0.29) is 17.4 Å². The molecule has 2 aliphatic rings. The lowest BCUT2D eigenvalue weighted by Gasteiger charge is -2.31. The SMILES string of the molecule is CCc1cccc2[nH]c(C(=O)N3CCn4ncc(C(=O)N(C)C5(c6ccc(C(=O)O)cc6)CC5)c4C3)cc12. The predicted molar refractivity (Wildman–Crippen MR) is 141 cm³/mol. The lowest BCUT2D eigenvalue weighted by molar-refractivity contribution is 0.0669. The van der Waals surface area contributed by atoms with Crippen molar-refractivity contribution in [1.29, 1.82) is 0 Å². The zero-order valence-corrected chi connectivity index (χ0v) is 21.4. The topological polar surface area (TPSA) is 112 Å². The number of carbonyl (C=O) groups excluding carboxylic acids is 2. The van der Waals surface area contributed by atoms with E-state index in [2.05, 4.69) is 23.1 Å². The van der Waals surface area contributed by atoms with Crippen molar-refractivity contribution in [2.24, 2.45) is 0 Å². The summed E-state index contributed by atoms with van der Waals surface area (Å²) in [4.78, 5) is 45.2. The third kappa shape index (κ3) is 3.77. The number of fused-ring (bicyclic) bond motifs is 2. The maximum absolute atomic E-state index is 13.7. The summed E-state index contributed by atoms with van der Waals surface area (Å²) in [6.45, 7) is 3.42. The van der Waals surface area contributed by atoms with E-state index in [0.29, 0.717) is 30.9 Å². The Hall–Kier alpha value is -4.40. The van der Waals surface area contributed by atoms with Gasteiger partial charge in [-0.3, -0.25) is 14.3 Å². The maximum atomic E-state index is 13.7. The van der Waals surface area contributed by atoms with Crippen LogP contribution in [0.5, 0.6) is 0 Å². The molecule has 1 fully saturated rings. The molecule has 2 N–H and O–H groups in total. The number of rotatable bonds is 6. The summed E-state index contributed by atoms with van der Waals surface area (Å²) in [5.74, 6) is -1.23.